The Morgan fingerprint density at radius 1 is 1.43 bits per heavy atom. The Balaban J connectivity index is 1.80. The summed E-state index contributed by atoms with van der Waals surface area (Å²) in [4.78, 5) is 14.6. The Morgan fingerprint density at radius 3 is 3.10 bits per heavy atom. The summed E-state index contributed by atoms with van der Waals surface area (Å²) in [6.45, 7) is 3.91. The summed E-state index contributed by atoms with van der Waals surface area (Å²) in [6, 6.07) is 7.45. The van der Waals surface area contributed by atoms with Gasteiger partial charge in [0, 0.05) is 18.7 Å². The highest BCUT2D eigenvalue weighted by atomic mass is 16.2. The average Bonchev–Trinajstić information content (AvgIpc) is 3.09. The number of amides is 1. The third kappa shape index (κ3) is 2.94. The van der Waals surface area contributed by atoms with Crippen LogP contribution in [0.1, 0.15) is 36.5 Å². The molecule has 0 radical (unpaired) electrons. The van der Waals surface area contributed by atoms with Crippen molar-refractivity contribution in [3.63, 3.8) is 0 Å². The first kappa shape index (κ1) is 13.7. The molecule has 6 heteroatoms. The number of tetrazole rings is 1. The number of likely N-dealkylation sites (tertiary alicyclic amines) is 1. The van der Waals surface area contributed by atoms with E-state index in [1.807, 2.05) is 29.2 Å². The van der Waals surface area contributed by atoms with Crippen LogP contribution in [0.15, 0.2) is 30.6 Å². The van der Waals surface area contributed by atoms with Crippen LogP contribution in [0.5, 0.6) is 0 Å². The van der Waals surface area contributed by atoms with Crippen molar-refractivity contribution in [3.05, 3.63) is 36.2 Å². The minimum Gasteiger partial charge on any atom is -0.338 e. The second-order valence-electron chi connectivity index (χ2n) is 5.47. The third-order valence-electron chi connectivity index (χ3n) is 4.09. The Bertz CT molecular complexity index is 610. The van der Waals surface area contributed by atoms with E-state index in [2.05, 4.69) is 22.4 Å². The van der Waals surface area contributed by atoms with Gasteiger partial charge in [-0.2, -0.15) is 0 Å². The van der Waals surface area contributed by atoms with E-state index in [0.717, 1.165) is 31.6 Å². The molecule has 1 unspecified atom stereocenters. The molecule has 2 aromatic rings. The number of aromatic nitrogens is 4. The molecule has 0 saturated carbocycles. The van der Waals surface area contributed by atoms with Gasteiger partial charge in [-0.3, -0.25) is 4.79 Å². The Morgan fingerprint density at radius 2 is 2.33 bits per heavy atom. The van der Waals surface area contributed by atoms with E-state index >= 15 is 0 Å². The van der Waals surface area contributed by atoms with Gasteiger partial charge in [-0.05, 0) is 47.4 Å². The van der Waals surface area contributed by atoms with Crippen LogP contribution < -0.4 is 0 Å². The normalized spacial score (nSPS) is 18.7. The number of hydrogen-bond acceptors (Lipinski definition) is 4. The number of benzene rings is 1. The van der Waals surface area contributed by atoms with E-state index < -0.39 is 0 Å². The summed E-state index contributed by atoms with van der Waals surface area (Å²) in [5.74, 6) is 0.730. The summed E-state index contributed by atoms with van der Waals surface area (Å²) in [5.41, 5.74) is 1.50. The van der Waals surface area contributed by atoms with Crippen molar-refractivity contribution in [3.8, 4) is 5.69 Å². The highest BCUT2D eigenvalue weighted by Gasteiger charge is 2.23. The van der Waals surface area contributed by atoms with Crippen molar-refractivity contribution >= 4 is 5.91 Å². The summed E-state index contributed by atoms with van der Waals surface area (Å²) in [5, 5.41) is 11.1. The van der Waals surface area contributed by atoms with Crippen molar-refractivity contribution in [1.29, 1.82) is 0 Å². The van der Waals surface area contributed by atoms with Gasteiger partial charge in [0.15, 0.2) is 0 Å². The van der Waals surface area contributed by atoms with Crippen molar-refractivity contribution < 1.29 is 4.79 Å². The predicted octanol–water partition coefficient (Wildman–Crippen LogP) is 1.92. The van der Waals surface area contributed by atoms with Crippen LogP contribution >= 0.6 is 0 Å². The van der Waals surface area contributed by atoms with Gasteiger partial charge in [-0.1, -0.05) is 19.4 Å². The van der Waals surface area contributed by atoms with Gasteiger partial charge in [0.25, 0.3) is 5.91 Å². The highest BCUT2D eigenvalue weighted by molar-refractivity contribution is 5.94. The lowest BCUT2D eigenvalue weighted by atomic mass is 9.95. The van der Waals surface area contributed by atoms with E-state index in [-0.39, 0.29) is 5.91 Å². The third-order valence-corrected chi connectivity index (χ3v) is 4.09. The first-order chi connectivity index (χ1) is 10.3. The number of carbonyl (C=O) groups is 1. The smallest absolute Gasteiger partial charge is 0.253 e. The molecule has 1 aromatic heterocycles. The van der Waals surface area contributed by atoms with Crippen molar-refractivity contribution in [2.45, 2.75) is 26.2 Å². The lowest BCUT2D eigenvalue weighted by molar-refractivity contribution is 0.0671. The van der Waals surface area contributed by atoms with Crippen LogP contribution in [0.25, 0.3) is 5.69 Å². The van der Waals surface area contributed by atoms with Gasteiger partial charge in [0.2, 0.25) is 0 Å². The molecule has 3 rings (SSSR count). The van der Waals surface area contributed by atoms with Crippen LogP contribution in [-0.2, 0) is 0 Å². The summed E-state index contributed by atoms with van der Waals surface area (Å²) in [7, 11) is 0. The van der Waals surface area contributed by atoms with E-state index in [9.17, 15) is 4.79 Å². The average molecular weight is 285 g/mol. The summed E-state index contributed by atoms with van der Waals surface area (Å²) in [6.07, 6.45) is 4.98. The maximum absolute atomic E-state index is 12.6. The Labute approximate surface area is 123 Å². The number of hydrogen-bond donors (Lipinski definition) is 0. The fourth-order valence-electron chi connectivity index (χ4n) is 2.83. The van der Waals surface area contributed by atoms with Gasteiger partial charge in [-0.25, -0.2) is 4.68 Å². The van der Waals surface area contributed by atoms with Crippen LogP contribution in [0.4, 0.5) is 0 Å². The molecule has 110 valence electrons. The molecule has 1 aromatic carbocycles. The fraction of sp³-hybridized carbons (Fsp3) is 0.467. The molecule has 1 amide bonds. The highest BCUT2D eigenvalue weighted by Crippen LogP contribution is 2.21. The topological polar surface area (TPSA) is 63.9 Å². The Kier molecular flexibility index (Phi) is 3.94. The second kappa shape index (κ2) is 6.03. The van der Waals surface area contributed by atoms with Gasteiger partial charge < -0.3 is 4.90 Å². The zero-order valence-electron chi connectivity index (χ0n) is 12.1. The molecular formula is C15H19N5O. The fourth-order valence-corrected chi connectivity index (χ4v) is 2.83. The molecule has 21 heavy (non-hydrogen) atoms. The molecule has 6 nitrogen and oxygen atoms in total. The largest absolute Gasteiger partial charge is 0.338 e. The summed E-state index contributed by atoms with van der Waals surface area (Å²) >= 11 is 0. The molecule has 1 aliphatic rings. The Hall–Kier alpha value is -2.24. The molecule has 1 fully saturated rings. The number of piperidine rings is 1. The van der Waals surface area contributed by atoms with Crippen molar-refractivity contribution in [2.24, 2.45) is 5.92 Å². The molecular weight excluding hydrogens is 266 g/mol. The molecule has 1 atom stereocenters. The van der Waals surface area contributed by atoms with E-state index in [4.69, 9.17) is 0 Å². The summed E-state index contributed by atoms with van der Waals surface area (Å²) < 4.78 is 1.56. The maximum atomic E-state index is 12.6. The maximum Gasteiger partial charge on any atom is 0.253 e. The molecule has 0 bridgehead atoms. The molecule has 1 saturated heterocycles. The number of carbonyl (C=O) groups excluding carboxylic acids is 1. The van der Waals surface area contributed by atoms with E-state index in [1.165, 1.54) is 12.7 Å². The van der Waals surface area contributed by atoms with E-state index in [1.54, 1.807) is 4.68 Å². The van der Waals surface area contributed by atoms with Gasteiger partial charge in [0.05, 0.1) is 5.69 Å². The minimum absolute atomic E-state index is 0.100. The standard InChI is InChI=1S/C15H19N5O/c1-2-12-5-4-8-19(10-12)15(21)13-6-3-7-14(9-13)20-11-16-17-18-20/h3,6-7,9,11-12H,2,4-5,8,10H2,1H3. The van der Waals surface area contributed by atoms with Crippen molar-refractivity contribution in [1.82, 2.24) is 25.1 Å². The number of rotatable bonds is 3. The van der Waals surface area contributed by atoms with Crippen LogP contribution in [0.2, 0.25) is 0 Å². The minimum atomic E-state index is 0.100. The first-order valence-electron chi connectivity index (χ1n) is 7.40. The molecule has 2 heterocycles. The quantitative estimate of drug-likeness (QED) is 0.864. The zero-order chi connectivity index (χ0) is 14.7. The zero-order valence-corrected chi connectivity index (χ0v) is 12.1. The van der Waals surface area contributed by atoms with Gasteiger partial charge in [-0.15, -0.1) is 5.10 Å². The SMILES string of the molecule is CCC1CCCN(C(=O)c2cccc(-n3cnnn3)c2)C1. The molecule has 0 aliphatic carbocycles. The molecule has 1 aliphatic heterocycles. The second-order valence-corrected chi connectivity index (χ2v) is 5.47. The van der Waals surface area contributed by atoms with Gasteiger partial charge >= 0.3 is 0 Å². The first-order valence-corrected chi connectivity index (χ1v) is 7.40. The monoisotopic (exact) mass is 285 g/mol. The van der Waals surface area contributed by atoms with Crippen LogP contribution in [-0.4, -0.2) is 44.1 Å². The lowest BCUT2D eigenvalue weighted by Crippen LogP contribution is -2.39. The van der Waals surface area contributed by atoms with Gasteiger partial charge in [0.1, 0.15) is 6.33 Å². The molecule has 0 N–H and O–H groups in total. The predicted molar refractivity (Wildman–Crippen MR) is 78.1 cm³/mol. The van der Waals surface area contributed by atoms with E-state index in [0.29, 0.717) is 11.5 Å². The van der Waals surface area contributed by atoms with Crippen LogP contribution in [0.3, 0.4) is 0 Å². The molecule has 0 spiro atoms. The number of nitrogens with zero attached hydrogens (tertiary/aromatic N) is 5. The lowest BCUT2D eigenvalue weighted by Gasteiger charge is -2.32. The van der Waals surface area contributed by atoms with Crippen LogP contribution in [0, 0.1) is 5.92 Å². The van der Waals surface area contributed by atoms with Crippen molar-refractivity contribution in [2.75, 3.05) is 13.1 Å².